The van der Waals surface area contributed by atoms with Crippen molar-refractivity contribution in [2.75, 3.05) is 14.1 Å². The zero-order valence-electron chi connectivity index (χ0n) is 21.7. The molecule has 0 amide bonds. The molecule has 2 fully saturated rings. The van der Waals surface area contributed by atoms with E-state index in [1.165, 1.54) is 42.3 Å². The normalized spacial score (nSPS) is 27.0. The number of fused-ring (bicyclic) bond motifs is 1. The van der Waals surface area contributed by atoms with Crippen molar-refractivity contribution < 1.29 is 0 Å². The first-order valence-electron chi connectivity index (χ1n) is 12.2. The van der Waals surface area contributed by atoms with Gasteiger partial charge in [0.2, 0.25) is 0 Å². The number of hydrogen-bond donors (Lipinski definition) is 1. The van der Waals surface area contributed by atoms with Crippen molar-refractivity contribution in [2.45, 2.75) is 115 Å². The number of likely N-dealkylation sites (tertiary alicyclic amines) is 2. The van der Waals surface area contributed by atoms with Gasteiger partial charge >= 0.3 is 0 Å². The second kappa shape index (κ2) is 7.09. The smallest absolute Gasteiger partial charge is 0.0459 e. The molecule has 2 aliphatic rings. The summed E-state index contributed by atoms with van der Waals surface area (Å²) >= 11 is 0. The summed E-state index contributed by atoms with van der Waals surface area (Å²) in [6, 6.07) is 9.03. The van der Waals surface area contributed by atoms with E-state index < -0.39 is 0 Å². The monoisotopic (exact) mass is 423 g/mol. The predicted molar refractivity (Wildman–Crippen MR) is 134 cm³/mol. The molecule has 31 heavy (non-hydrogen) atoms. The van der Waals surface area contributed by atoms with Gasteiger partial charge in [-0.25, -0.2) is 0 Å². The van der Waals surface area contributed by atoms with E-state index in [1.807, 2.05) is 0 Å². The van der Waals surface area contributed by atoms with Crippen LogP contribution in [0.2, 0.25) is 0 Å². The fourth-order valence-corrected chi connectivity index (χ4v) is 7.10. The Hall–Kier alpha value is -1.32. The highest BCUT2D eigenvalue weighted by Crippen LogP contribution is 2.51. The van der Waals surface area contributed by atoms with Crippen LogP contribution in [0.25, 0.3) is 10.9 Å². The van der Waals surface area contributed by atoms with Gasteiger partial charge in [0, 0.05) is 44.7 Å². The fourth-order valence-electron chi connectivity index (χ4n) is 7.10. The summed E-state index contributed by atoms with van der Waals surface area (Å²) in [4.78, 5) is 9.16. The number of nitrogens with one attached hydrogen (secondary N) is 1. The van der Waals surface area contributed by atoms with E-state index in [2.05, 4.69) is 109 Å². The largest absolute Gasteiger partial charge is 0.358 e. The van der Waals surface area contributed by atoms with Crippen LogP contribution in [0.5, 0.6) is 0 Å². The average Bonchev–Trinajstić information content (AvgIpc) is 3.03. The standard InChI is InChI=1S/C28H45N3/c1-25(2)15-19(16-26(3,4)30(25)9)23-21-13-11-12-14-22(21)29-24(23)20-17-27(5,6)31(10)28(7,8)18-20/h11-14,19-20,29H,15-18H2,1-10H3. The first-order chi connectivity index (χ1) is 14.2. The summed E-state index contributed by atoms with van der Waals surface area (Å²) in [7, 11) is 4.62. The molecule has 0 spiro atoms. The molecule has 0 unspecified atom stereocenters. The number of piperidine rings is 2. The summed E-state index contributed by atoms with van der Waals surface area (Å²) in [5, 5.41) is 1.45. The Morgan fingerprint density at radius 1 is 0.677 bits per heavy atom. The van der Waals surface area contributed by atoms with Crippen LogP contribution >= 0.6 is 0 Å². The Kier molecular flexibility index (Phi) is 5.23. The number of H-pyrrole nitrogens is 1. The van der Waals surface area contributed by atoms with Gasteiger partial charge in [-0.1, -0.05) is 18.2 Å². The maximum Gasteiger partial charge on any atom is 0.0459 e. The Balaban J connectivity index is 1.85. The number of aromatic nitrogens is 1. The molecule has 4 rings (SSSR count). The highest BCUT2D eigenvalue weighted by Gasteiger charge is 2.47. The van der Waals surface area contributed by atoms with E-state index >= 15 is 0 Å². The second-order valence-electron chi connectivity index (χ2n) is 13.1. The van der Waals surface area contributed by atoms with E-state index in [-0.39, 0.29) is 22.2 Å². The molecule has 2 saturated heterocycles. The SMILES string of the molecule is CN1C(C)(C)CC(c2[nH]c3ccccc3c2C2CC(C)(C)N(C)C(C)(C)C2)CC1(C)C. The van der Waals surface area contributed by atoms with Crippen molar-refractivity contribution in [1.29, 1.82) is 0 Å². The van der Waals surface area contributed by atoms with Crippen molar-refractivity contribution in [1.82, 2.24) is 14.8 Å². The van der Waals surface area contributed by atoms with E-state index in [4.69, 9.17) is 0 Å². The van der Waals surface area contributed by atoms with Crippen LogP contribution in [-0.2, 0) is 0 Å². The molecule has 0 aliphatic carbocycles. The zero-order valence-corrected chi connectivity index (χ0v) is 21.7. The molecule has 0 bridgehead atoms. The molecule has 1 N–H and O–H groups in total. The molecule has 2 aromatic rings. The summed E-state index contributed by atoms with van der Waals surface area (Å²) in [5.74, 6) is 1.15. The maximum atomic E-state index is 3.96. The van der Waals surface area contributed by atoms with Crippen LogP contribution < -0.4 is 0 Å². The molecule has 0 radical (unpaired) electrons. The molecular weight excluding hydrogens is 378 g/mol. The quantitative estimate of drug-likeness (QED) is 0.567. The fraction of sp³-hybridized carbons (Fsp3) is 0.714. The summed E-state index contributed by atoms with van der Waals surface area (Å²) in [5.41, 5.74) is 5.21. The number of rotatable bonds is 2. The van der Waals surface area contributed by atoms with Crippen LogP contribution in [-0.4, -0.2) is 51.0 Å². The van der Waals surface area contributed by atoms with E-state index in [0.29, 0.717) is 11.8 Å². The molecule has 3 heterocycles. The van der Waals surface area contributed by atoms with Gasteiger partial charge < -0.3 is 4.98 Å². The van der Waals surface area contributed by atoms with Gasteiger partial charge in [0.25, 0.3) is 0 Å². The molecule has 172 valence electrons. The summed E-state index contributed by atoms with van der Waals surface area (Å²) in [6.45, 7) is 19.4. The summed E-state index contributed by atoms with van der Waals surface area (Å²) < 4.78 is 0. The molecule has 3 heteroatoms. The molecule has 0 atom stereocenters. The number of hydrogen-bond acceptors (Lipinski definition) is 2. The Bertz CT molecular complexity index is 926. The van der Waals surface area contributed by atoms with Crippen molar-refractivity contribution in [3.8, 4) is 0 Å². The van der Waals surface area contributed by atoms with E-state index in [9.17, 15) is 0 Å². The van der Waals surface area contributed by atoms with Crippen LogP contribution in [0.3, 0.4) is 0 Å². The lowest BCUT2D eigenvalue weighted by molar-refractivity contribution is -0.0173. The maximum absolute atomic E-state index is 3.96. The van der Waals surface area contributed by atoms with Crippen molar-refractivity contribution >= 4 is 10.9 Å². The third-order valence-electron chi connectivity index (χ3n) is 9.21. The molecule has 1 aromatic heterocycles. The molecule has 2 aliphatic heterocycles. The third kappa shape index (κ3) is 3.76. The van der Waals surface area contributed by atoms with Crippen LogP contribution in [0.15, 0.2) is 24.3 Å². The Morgan fingerprint density at radius 2 is 1.10 bits per heavy atom. The predicted octanol–water partition coefficient (Wildman–Crippen LogP) is 6.90. The van der Waals surface area contributed by atoms with Gasteiger partial charge in [-0.3, -0.25) is 9.80 Å². The second-order valence-corrected chi connectivity index (χ2v) is 13.1. The van der Waals surface area contributed by atoms with Crippen LogP contribution in [0, 0.1) is 0 Å². The van der Waals surface area contributed by atoms with Crippen molar-refractivity contribution in [3.05, 3.63) is 35.5 Å². The van der Waals surface area contributed by atoms with Gasteiger partial charge in [-0.2, -0.15) is 0 Å². The number of nitrogens with zero attached hydrogens (tertiary/aromatic N) is 2. The average molecular weight is 424 g/mol. The minimum atomic E-state index is 0.187. The molecule has 1 aromatic carbocycles. The summed E-state index contributed by atoms with van der Waals surface area (Å²) in [6.07, 6.45) is 4.82. The van der Waals surface area contributed by atoms with E-state index in [1.54, 1.807) is 5.56 Å². The van der Waals surface area contributed by atoms with Gasteiger partial charge in [0.05, 0.1) is 0 Å². The van der Waals surface area contributed by atoms with Gasteiger partial charge in [-0.15, -0.1) is 0 Å². The van der Waals surface area contributed by atoms with Gasteiger partial charge in [-0.05, 0) is 113 Å². The van der Waals surface area contributed by atoms with Crippen LogP contribution in [0.4, 0.5) is 0 Å². The number of aromatic amines is 1. The van der Waals surface area contributed by atoms with Gasteiger partial charge in [0.15, 0.2) is 0 Å². The van der Waals surface area contributed by atoms with Crippen molar-refractivity contribution in [2.24, 2.45) is 0 Å². The highest BCUT2D eigenvalue weighted by molar-refractivity contribution is 5.85. The lowest BCUT2D eigenvalue weighted by Crippen LogP contribution is -2.58. The minimum Gasteiger partial charge on any atom is -0.358 e. The third-order valence-corrected chi connectivity index (χ3v) is 9.21. The van der Waals surface area contributed by atoms with E-state index in [0.717, 1.165) is 0 Å². The van der Waals surface area contributed by atoms with Crippen molar-refractivity contribution in [3.63, 3.8) is 0 Å². The molecular formula is C28H45N3. The topological polar surface area (TPSA) is 22.3 Å². The Morgan fingerprint density at radius 3 is 1.58 bits per heavy atom. The number of para-hydroxylation sites is 1. The van der Waals surface area contributed by atoms with Gasteiger partial charge in [0.1, 0.15) is 0 Å². The number of benzene rings is 1. The zero-order chi connectivity index (χ0) is 23.0. The molecule has 0 saturated carbocycles. The highest BCUT2D eigenvalue weighted by atomic mass is 15.2. The first-order valence-corrected chi connectivity index (χ1v) is 12.2. The molecule has 3 nitrogen and oxygen atoms in total. The first kappa shape index (κ1) is 22.9. The Labute approximate surface area is 190 Å². The minimum absolute atomic E-state index is 0.187. The van der Waals surface area contributed by atoms with Crippen LogP contribution in [0.1, 0.15) is 104 Å². The lowest BCUT2D eigenvalue weighted by atomic mass is 9.68. The lowest BCUT2D eigenvalue weighted by Gasteiger charge is -2.55.